The number of esters is 1. The second kappa shape index (κ2) is 9.54. The summed E-state index contributed by atoms with van der Waals surface area (Å²) in [5, 5.41) is 11.9. The molecule has 0 rings (SSSR count). The van der Waals surface area contributed by atoms with Gasteiger partial charge in [-0.05, 0) is 17.8 Å². The third kappa shape index (κ3) is 9.45. The van der Waals surface area contributed by atoms with Crippen molar-refractivity contribution in [1.29, 1.82) is 0 Å². The van der Waals surface area contributed by atoms with E-state index >= 15 is 0 Å². The van der Waals surface area contributed by atoms with Crippen LogP contribution in [-0.2, 0) is 9.53 Å². The van der Waals surface area contributed by atoms with Gasteiger partial charge in [0.25, 0.3) is 0 Å². The van der Waals surface area contributed by atoms with Crippen LogP contribution in [0.15, 0.2) is 0 Å². The van der Waals surface area contributed by atoms with E-state index in [1.807, 2.05) is 0 Å². The molecule has 0 aromatic rings. The van der Waals surface area contributed by atoms with Crippen molar-refractivity contribution < 1.29 is 19.4 Å². The van der Waals surface area contributed by atoms with E-state index in [0.717, 1.165) is 0 Å². The number of rotatable bonds is 8. The highest BCUT2D eigenvalue weighted by molar-refractivity contribution is 14.1. The van der Waals surface area contributed by atoms with Crippen LogP contribution in [-0.4, -0.2) is 40.3 Å². The molecular formula is C15H29IN2O4. The average molecular weight is 428 g/mol. The van der Waals surface area contributed by atoms with Gasteiger partial charge >= 0.3 is 12.0 Å². The van der Waals surface area contributed by atoms with E-state index in [1.54, 1.807) is 0 Å². The number of ether oxygens (including phenoxy) is 1. The number of amides is 2. The van der Waals surface area contributed by atoms with E-state index in [4.69, 9.17) is 10.5 Å². The predicted octanol–water partition coefficient (Wildman–Crippen LogP) is 2.07. The number of alkyl halides is 1. The molecule has 2 amide bonds. The van der Waals surface area contributed by atoms with Crippen molar-refractivity contribution in [3.63, 3.8) is 0 Å². The molecule has 130 valence electrons. The van der Waals surface area contributed by atoms with Crippen molar-refractivity contribution in [3.05, 3.63) is 0 Å². The Kier molecular flexibility index (Phi) is 9.30. The number of carbonyl (C=O) groups is 2. The number of urea groups is 1. The summed E-state index contributed by atoms with van der Waals surface area (Å²) in [5.74, 6) is -0.181. The van der Waals surface area contributed by atoms with E-state index in [9.17, 15) is 14.7 Å². The summed E-state index contributed by atoms with van der Waals surface area (Å²) >= 11 is 2.29. The summed E-state index contributed by atoms with van der Waals surface area (Å²) in [5.41, 5.74) is 4.93. The minimum absolute atomic E-state index is 0.00807. The first-order valence-corrected chi connectivity index (χ1v) is 8.70. The zero-order chi connectivity index (χ0) is 17.5. The molecule has 3 atom stereocenters. The van der Waals surface area contributed by atoms with Gasteiger partial charge in [-0.3, -0.25) is 4.79 Å². The normalized spacial score (nSPS) is 16.0. The lowest BCUT2D eigenvalue weighted by Gasteiger charge is -2.30. The van der Waals surface area contributed by atoms with Crippen LogP contribution in [0.25, 0.3) is 0 Å². The molecule has 0 fully saturated rings. The molecule has 3 unspecified atom stereocenters. The standard InChI is InChI=1S/C15H29IN2O4/c1-9(2)12(16)11(6-15(3,4)5)13(20)22-8-10(19)7-18-14(17)21/h9-12,19H,6-8H2,1-5H3,(H3,17,18,21). The molecule has 0 aromatic carbocycles. The lowest BCUT2D eigenvalue weighted by atomic mass is 9.81. The summed E-state index contributed by atoms with van der Waals surface area (Å²) < 4.78 is 5.39. The molecule has 0 aliphatic heterocycles. The van der Waals surface area contributed by atoms with Gasteiger partial charge in [0.15, 0.2) is 0 Å². The molecule has 0 aliphatic carbocycles. The summed E-state index contributed by atoms with van der Waals surface area (Å²) in [4.78, 5) is 22.9. The van der Waals surface area contributed by atoms with Crippen molar-refractivity contribution in [2.75, 3.05) is 13.2 Å². The van der Waals surface area contributed by atoms with Crippen LogP contribution in [0.5, 0.6) is 0 Å². The third-order valence-corrected chi connectivity index (χ3v) is 5.39. The van der Waals surface area contributed by atoms with Crippen molar-refractivity contribution >= 4 is 34.6 Å². The molecule has 0 bridgehead atoms. The third-order valence-electron chi connectivity index (χ3n) is 3.09. The number of nitrogens with two attached hydrogens (primary N) is 1. The lowest BCUT2D eigenvalue weighted by Crippen LogP contribution is -2.39. The van der Waals surface area contributed by atoms with Crippen LogP contribution in [0.1, 0.15) is 41.0 Å². The summed E-state index contributed by atoms with van der Waals surface area (Å²) in [6, 6.07) is -0.719. The monoisotopic (exact) mass is 428 g/mol. The smallest absolute Gasteiger partial charge is 0.312 e. The lowest BCUT2D eigenvalue weighted by molar-refractivity contribution is -0.152. The molecule has 0 radical (unpaired) electrons. The van der Waals surface area contributed by atoms with E-state index in [-0.39, 0.29) is 34.4 Å². The number of aliphatic hydroxyl groups excluding tert-OH is 1. The average Bonchev–Trinajstić information content (AvgIpc) is 2.37. The van der Waals surface area contributed by atoms with Crippen LogP contribution in [0.2, 0.25) is 0 Å². The molecular weight excluding hydrogens is 399 g/mol. The molecule has 0 heterocycles. The molecule has 0 saturated carbocycles. The molecule has 4 N–H and O–H groups in total. The Morgan fingerprint density at radius 2 is 1.86 bits per heavy atom. The van der Waals surface area contributed by atoms with E-state index in [1.165, 1.54) is 0 Å². The van der Waals surface area contributed by atoms with Gasteiger partial charge in [0.1, 0.15) is 12.7 Å². The van der Waals surface area contributed by atoms with Gasteiger partial charge in [-0.1, -0.05) is 57.2 Å². The number of primary amides is 1. The summed E-state index contributed by atoms with van der Waals surface area (Å²) in [6.07, 6.45) is -0.244. The van der Waals surface area contributed by atoms with Crippen molar-refractivity contribution in [2.24, 2.45) is 23.0 Å². The highest BCUT2D eigenvalue weighted by Crippen LogP contribution is 2.33. The maximum atomic E-state index is 12.4. The Morgan fingerprint density at radius 1 is 1.32 bits per heavy atom. The molecule has 7 heteroatoms. The largest absolute Gasteiger partial charge is 0.463 e. The zero-order valence-electron chi connectivity index (χ0n) is 14.1. The second-order valence-corrected chi connectivity index (χ2v) is 8.53. The number of halogens is 1. The summed E-state index contributed by atoms with van der Waals surface area (Å²) in [7, 11) is 0. The second-order valence-electron chi connectivity index (χ2n) is 7.09. The van der Waals surface area contributed by atoms with Crippen molar-refractivity contribution in [3.8, 4) is 0 Å². The number of hydrogen-bond donors (Lipinski definition) is 3. The number of hydrogen-bond acceptors (Lipinski definition) is 4. The maximum absolute atomic E-state index is 12.4. The minimum Gasteiger partial charge on any atom is -0.463 e. The highest BCUT2D eigenvalue weighted by Gasteiger charge is 2.33. The number of nitrogens with one attached hydrogen (secondary N) is 1. The van der Waals surface area contributed by atoms with Crippen molar-refractivity contribution in [2.45, 2.75) is 51.1 Å². The van der Waals surface area contributed by atoms with E-state index in [2.05, 4.69) is 62.5 Å². The topological polar surface area (TPSA) is 102 Å². The molecule has 0 spiro atoms. The Hall–Kier alpha value is -0.570. The van der Waals surface area contributed by atoms with Gasteiger partial charge in [0, 0.05) is 10.5 Å². The fourth-order valence-corrected chi connectivity index (χ4v) is 2.56. The van der Waals surface area contributed by atoms with E-state index in [0.29, 0.717) is 12.3 Å². The van der Waals surface area contributed by atoms with Crippen LogP contribution < -0.4 is 11.1 Å². The first-order chi connectivity index (χ1) is 9.94. The first-order valence-electron chi connectivity index (χ1n) is 7.46. The van der Waals surface area contributed by atoms with Crippen molar-refractivity contribution in [1.82, 2.24) is 5.32 Å². The molecule has 0 aromatic heterocycles. The number of carbonyl (C=O) groups excluding carboxylic acids is 2. The zero-order valence-corrected chi connectivity index (χ0v) is 16.2. The van der Waals surface area contributed by atoms with E-state index < -0.39 is 12.1 Å². The Morgan fingerprint density at radius 3 is 2.27 bits per heavy atom. The molecule has 6 nitrogen and oxygen atoms in total. The Labute approximate surface area is 146 Å². The van der Waals surface area contributed by atoms with Gasteiger partial charge in [0.2, 0.25) is 0 Å². The SMILES string of the molecule is CC(C)C(I)C(CC(C)(C)C)C(=O)OCC(O)CNC(N)=O. The van der Waals surface area contributed by atoms with Crippen LogP contribution in [0, 0.1) is 17.3 Å². The predicted molar refractivity (Wildman–Crippen MR) is 94.8 cm³/mol. The van der Waals surface area contributed by atoms with Gasteiger partial charge in [-0.15, -0.1) is 0 Å². The summed E-state index contributed by atoms with van der Waals surface area (Å²) in [6.45, 7) is 10.2. The van der Waals surface area contributed by atoms with Crippen LogP contribution in [0.3, 0.4) is 0 Å². The quantitative estimate of drug-likeness (QED) is 0.313. The number of aliphatic hydroxyl groups is 1. The minimum atomic E-state index is -0.960. The van der Waals surface area contributed by atoms with Crippen LogP contribution in [0.4, 0.5) is 4.79 Å². The van der Waals surface area contributed by atoms with Gasteiger partial charge in [0.05, 0.1) is 5.92 Å². The highest BCUT2D eigenvalue weighted by atomic mass is 127. The van der Waals surface area contributed by atoms with Gasteiger partial charge in [-0.25, -0.2) is 4.79 Å². The molecule has 0 aliphatic rings. The first kappa shape index (κ1) is 21.4. The van der Waals surface area contributed by atoms with Gasteiger partial charge < -0.3 is 20.9 Å². The van der Waals surface area contributed by atoms with Crippen LogP contribution >= 0.6 is 22.6 Å². The molecule has 0 saturated heterocycles. The van der Waals surface area contributed by atoms with Gasteiger partial charge in [-0.2, -0.15) is 0 Å². The Balaban J connectivity index is 4.60. The molecule has 22 heavy (non-hydrogen) atoms. The fourth-order valence-electron chi connectivity index (χ4n) is 2.01. The maximum Gasteiger partial charge on any atom is 0.312 e. The Bertz CT molecular complexity index is 369. The fraction of sp³-hybridized carbons (Fsp3) is 0.867.